The lowest BCUT2D eigenvalue weighted by atomic mass is 9.73. The highest BCUT2D eigenvalue weighted by Crippen LogP contribution is 2.39. The maximum atomic E-state index is 3.84. The summed E-state index contributed by atoms with van der Waals surface area (Å²) >= 11 is 0. The molecule has 2 aliphatic rings. The highest BCUT2D eigenvalue weighted by molar-refractivity contribution is 5.31. The van der Waals surface area contributed by atoms with Gasteiger partial charge in [0.05, 0.1) is 0 Å². The van der Waals surface area contributed by atoms with E-state index in [1.54, 1.807) is 5.56 Å². The summed E-state index contributed by atoms with van der Waals surface area (Å²) in [4.78, 5) is 2.46. The number of hydrogen-bond donors (Lipinski definition) is 1. The van der Waals surface area contributed by atoms with E-state index in [1.165, 1.54) is 50.9 Å². The van der Waals surface area contributed by atoms with Crippen molar-refractivity contribution in [2.45, 2.75) is 51.5 Å². The zero-order chi connectivity index (χ0) is 14.9. The molecule has 0 atom stereocenters. The van der Waals surface area contributed by atoms with Gasteiger partial charge in [-0.3, -0.25) is 0 Å². The van der Waals surface area contributed by atoms with Gasteiger partial charge in [-0.15, -0.1) is 0 Å². The van der Waals surface area contributed by atoms with Gasteiger partial charge in [0, 0.05) is 12.6 Å². The first-order valence-electron chi connectivity index (χ1n) is 8.53. The molecule has 1 aromatic carbocycles. The molecule has 2 nitrogen and oxygen atoms in total. The predicted molar refractivity (Wildman–Crippen MR) is 89.8 cm³/mol. The van der Waals surface area contributed by atoms with Crippen molar-refractivity contribution in [3.63, 3.8) is 0 Å². The maximum absolute atomic E-state index is 3.84. The number of rotatable bonds is 4. The number of piperidine rings is 1. The SMILES string of the molecule is Cc1ccccc1C1CC(NCC2(C)CCN(C)CC2)C1. The van der Waals surface area contributed by atoms with E-state index < -0.39 is 0 Å². The number of nitrogens with zero attached hydrogens (tertiary/aromatic N) is 1. The van der Waals surface area contributed by atoms with Gasteiger partial charge in [0.15, 0.2) is 0 Å². The number of aryl methyl sites for hydroxylation is 1. The molecule has 0 aromatic heterocycles. The van der Waals surface area contributed by atoms with Crippen LogP contribution in [0.15, 0.2) is 24.3 Å². The summed E-state index contributed by atoms with van der Waals surface area (Å²) in [5.41, 5.74) is 3.55. The van der Waals surface area contributed by atoms with Crippen molar-refractivity contribution in [2.75, 3.05) is 26.7 Å². The number of hydrogen-bond acceptors (Lipinski definition) is 2. The summed E-state index contributed by atoms with van der Waals surface area (Å²) in [5.74, 6) is 0.786. The summed E-state index contributed by atoms with van der Waals surface area (Å²) in [5, 5.41) is 3.84. The molecule has 1 heterocycles. The van der Waals surface area contributed by atoms with E-state index in [9.17, 15) is 0 Å². The monoisotopic (exact) mass is 286 g/mol. The summed E-state index contributed by atoms with van der Waals surface area (Å²) < 4.78 is 0. The second-order valence-corrected chi connectivity index (χ2v) is 7.72. The Hall–Kier alpha value is -0.860. The minimum absolute atomic E-state index is 0.514. The smallest absolute Gasteiger partial charge is 0.00789 e. The molecule has 1 saturated heterocycles. The quantitative estimate of drug-likeness (QED) is 0.910. The highest BCUT2D eigenvalue weighted by atomic mass is 15.1. The topological polar surface area (TPSA) is 15.3 Å². The van der Waals surface area contributed by atoms with Gasteiger partial charge in [0.25, 0.3) is 0 Å². The molecule has 3 rings (SSSR count). The van der Waals surface area contributed by atoms with Crippen LogP contribution in [-0.4, -0.2) is 37.6 Å². The second kappa shape index (κ2) is 6.10. The number of nitrogens with one attached hydrogen (secondary N) is 1. The summed E-state index contributed by atoms with van der Waals surface area (Å²) in [6, 6.07) is 9.63. The second-order valence-electron chi connectivity index (χ2n) is 7.72. The molecule has 1 N–H and O–H groups in total. The Kier molecular flexibility index (Phi) is 4.37. The normalized spacial score (nSPS) is 29.1. The van der Waals surface area contributed by atoms with E-state index in [4.69, 9.17) is 0 Å². The van der Waals surface area contributed by atoms with Gasteiger partial charge >= 0.3 is 0 Å². The van der Waals surface area contributed by atoms with E-state index in [2.05, 4.69) is 55.4 Å². The van der Waals surface area contributed by atoms with E-state index in [0.717, 1.165) is 12.0 Å². The molecule has 21 heavy (non-hydrogen) atoms. The fraction of sp³-hybridized carbons (Fsp3) is 0.684. The van der Waals surface area contributed by atoms with Crippen molar-refractivity contribution in [1.82, 2.24) is 10.2 Å². The van der Waals surface area contributed by atoms with E-state index in [-0.39, 0.29) is 0 Å². The third kappa shape index (κ3) is 3.49. The van der Waals surface area contributed by atoms with Gasteiger partial charge in [0.1, 0.15) is 0 Å². The molecular weight excluding hydrogens is 256 g/mol. The molecule has 2 fully saturated rings. The molecule has 0 bridgehead atoms. The number of likely N-dealkylation sites (tertiary alicyclic amines) is 1. The van der Waals surface area contributed by atoms with Crippen LogP contribution in [0.5, 0.6) is 0 Å². The summed E-state index contributed by atoms with van der Waals surface area (Å²) in [6.45, 7) is 8.43. The highest BCUT2D eigenvalue weighted by Gasteiger charge is 2.34. The minimum Gasteiger partial charge on any atom is -0.313 e. The van der Waals surface area contributed by atoms with Crippen LogP contribution in [0.1, 0.15) is 49.7 Å². The van der Waals surface area contributed by atoms with Crippen LogP contribution in [0.2, 0.25) is 0 Å². The van der Waals surface area contributed by atoms with Gasteiger partial charge in [-0.1, -0.05) is 31.2 Å². The molecule has 1 aromatic rings. The van der Waals surface area contributed by atoms with Crippen LogP contribution in [0.4, 0.5) is 0 Å². The van der Waals surface area contributed by atoms with Crippen LogP contribution in [0.3, 0.4) is 0 Å². The average Bonchev–Trinajstić information content (AvgIpc) is 2.43. The Balaban J connectivity index is 1.44. The largest absolute Gasteiger partial charge is 0.313 e. The third-order valence-electron chi connectivity index (χ3n) is 5.78. The summed E-state index contributed by atoms with van der Waals surface area (Å²) in [7, 11) is 2.24. The van der Waals surface area contributed by atoms with Gasteiger partial charge < -0.3 is 10.2 Å². The molecular formula is C19H30N2. The van der Waals surface area contributed by atoms with Crippen molar-refractivity contribution in [1.29, 1.82) is 0 Å². The summed E-state index contributed by atoms with van der Waals surface area (Å²) in [6.07, 6.45) is 5.32. The van der Waals surface area contributed by atoms with Gasteiger partial charge in [-0.2, -0.15) is 0 Å². The molecule has 1 saturated carbocycles. The lowest BCUT2D eigenvalue weighted by Gasteiger charge is -2.42. The number of benzene rings is 1. The maximum Gasteiger partial charge on any atom is 0.00789 e. The molecule has 0 unspecified atom stereocenters. The molecule has 0 spiro atoms. The fourth-order valence-corrected chi connectivity index (χ4v) is 3.81. The van der Waals surface area contributed by atoms with Crippen LogP contribution in [-0.2, 0) is 0 Å². The average molecular weight is 286 g/mol. The third-order valence-corrected chi connectivity index (χ3v) is 5.78. The van der Waals surface area contributed by atoms with Crippen molar-refractivity contribution < 1.29 is 0 Å². The fourth-order valence-electron chi connectivity index (χ4n) is 3.81. The zero-order valence-electron chi connectivity index (χ0n) is 13.9. The molecule has 1 aliphatic carbocycles. The van der Waals surface area contributed by atoms with E-state index in [0.29, 0.717) is 5.41 Å². The van der Waals surface area contributed by atoms with E-state index in [1.807, 2.05) is 0 Å². The van der Waals surface area contributed by atoms with Crippen LogP contribution < -0.4 is 5.32 Å². The lowest BCUT2D eigenvalue weighted by Crippen LogP contribution is -2.48. The van der Waals surface area contributed by atoms with E-state index >= 15 is 0 Å². The first kappa shape index (κ1) is 15.1. The van der Waals surface area contributed by atoms with Gasteiger partial charge in [0.2, 0.25) is 0 Å². The Bertz CT molecular complexity index is 468. The lowest BCUT2D eigenvalue weighted by molar-refractivity contribution is 0.125. The van der Waals surface area contributed by atoms with Gasteiger partial charge in [-0.05, 0) is 75.2 Å². The van der Waals surface area contributed by atoms with Crippen LogP contribution >= 0.6 is 0 Å². The van der Waals surface area contributed by atoms with Crippen molar-refractivity contribution >= 4 is 0 Å². The first-order valence-corrected chi connectivity index (χ1v) is 8.53. The Morgan fingerprint density at radius 2 is 1.86 bits per heavy atom. The molecule has 2 heteroatoms. The van der Waals surface area contributed by atoms with Crippen molar-refractivity contribution in [3.05, 3.63) is 35.4 Å². The Morgan fingerprint density at radius 1 is 1.19 bits per heavy atom. The molecule has 0 radical (unpaired) electrons. The van der Waals surface area contributed by atoms with Crippen molar-refractivity contribution in [3.8, 4) is 0 Å². The Morgan fingerprint density at radius 3 is 2.52 bits per heavy atom. The van der Waals surface area contributed by atoms with Crippen LogP contribution in [0.25, 0.3) is 0 Å². The predicted octanol–water partition coefficient (Wildman–Crippen LogP) is 3.56. The first-order chi connectivity index (χ1) is 10.1. The van der Waals surface area contributed by atoms with Crippen molar-refractivity contribution in [2.24, 2.45) is 5.41 Å². The Labute approximate surface area is 129 Å². The van der Waals surface area contributed by atoms with Gasteiger partial charge in [-0.25, -0.2) is 0 Å². The standard InChI is InChI=1S/C19H30N2/c1-15-6-4-5-7-18(15)16-12-17(13-16)20-14-19(2)8-10-21(3)11-9-19/h4-7,16-17,20H,8-14H2,1-3H3. The van der Waals surface area contributed by atoms with Crippen LogP contribution in [0, 0.1) is 12.3 Å². The molecule has 116 valence electrons. The molecule has 0 amide bonds. The molecule has 1 aliphatic heterocycles. The zero-order valence-corrected chi connectivity index (χ0v) is 13.9. The minimum atomic E-state index is 0.514.